The molecule has 1 aliphatic rings. The molecule has 0 saturated heterocycles. The third kappa shape index (κ3) is 3.62. The predicted octanol–water partition coefficient (Wildman–Crippen LogP) is 4.72. The average Bonchev–Trinajstić information content (AvgIpc) is 2.59. The number of anilines is 1. The number of aryl methyl sites for hydroxylation is 1. The highest BCUT2D eigenvalue weighted by molar-refractivity contribution is 9.10. The van der Waals surface area contributed by atoms with E-state index < -0.39 is 0 Å². The van der Waals surface area contributed by atoms with Gasteiger partial charge in [-0.15, -0.1) is 0 Å². The van der Waals surface area contributed by atoms with Crippen molar-refractivity contribution in [2.24, 2.45) is 0 Å². The van der Waals surface area contributed by atoms with Crippen molar-refractivity contribution in [2.45, 2.75) is 13.3 Å². The number of hydrogen-bond donors (Lipinski definition) is 1. The highest BCUT2D eigenvalue weighted by Gasteiger charge is 2.15. The topological polar surface area (TPSA) is 41.6 Å². The Labute approximate surface area is 150 Å². The molecule has 0 atom stereocenters. The van der Waals surface area contributed by atoms with Crippen LogP contribution in [-0.4, -0.2) is 37.7 Å². The highest BCUT2D eigenvalue weighted by atomic mass is 79.9. The first-order valence-electron chi connectivity index (χ1n) is 8.02. The summed E-state index contributed by atoms with van der Waals surface area (Å²) < 4.78 is 6.47. The molecule has 2 amide bonds. The SMILES string of the molecule is Cc1cc(Br)c2ccccc2c1NC(=O)N(C)CC1=CCCOC1. The summed E-state index contributed by atoms with van der Waals surface area (Å²) in [5.74, 6) is 0. The maximum atomic E-state index is 12.6. The van der Waals surface area contributed by atoms with Crippen molar-refractivity contribution in [3.8, 4) is 0 Å². The van der Waals surface area contributed by atoms with E-state index in [1.807, 2.05) is 37.3 Å². The molecule has 1 N–H and O–H groups in total. The Morgan fingerprint density at radius 1 is 1.33 bits per heavy atom. The predicted molar refractivity (Wildman–Crippen MR) is 102 cm³/mol. The Hall–Kier alpha value is -1.85. The van der Waals surface area contributed by atoms with E-state index in [0.29, 0.717) is 13.2 Å². The average molecular weight is 389 g/mol. The van der Waals surface area contributed by atoms with Gasteiger partial charge in [0.1, 0.15) is 0 Å². The lowest BCUT2D eigenvalue weighted by molar-refractivity contribution is 0.145. The first-order valence-corrected chi connectivity index (χ1v) is 8.81. The molecule has 0 saturated carbocycles. The van der Waals surface area contributed by atoms with Crippen LogP contribution in [0.15, 0.2) is 46.5 Å². The van der Waals surface area contributed by atoms with Crippen LogP contribution in [0, 0.1) is 6.92 Å². The van der Waals surface area contributed by atoms with Gasteiger partial charge in [0, 0.05) is 23.5 Å². The molecule has 2 aromatic rings. The molecule has 0 radical (unpaired) electrons. The van der Waals surface area contributed by atoms with Gasteiger partial charge >= 0.3 is 6.03 Å². The first-order chi connectivity index (χ1) is 11.6. The van der Waals surface area contributed by atoms with Gasteiger partial charge in [-0.1, -0.05) is 46.3 Å². The van der Waals surface area contributed by atoms with E-state index in [1.54, 1.807) is 11.9 Å². The van der Waals surface area contributed by atoms with Gasteiger partial charge in [0.2, 0.25) is 0 Å². The third-order valence-electron chi connectivity index (χ3n) is 4.19. The number of amides is 2. The van der Waals surface area contributed by atoms with Crippen molar-refractivity contribution in [1.82, 2.24) is 4.90 Å². The Morgan fingerprint density at radius 2 is 2.08 bits per heavy atom. The fourth-order valence-electron chi connectivity index (χ4n) is 2.93. The molecule has 1 aliphatic heterocycles. The number of carbonyl (C=O) groups is 1. The molecule has 4 nitrogen and oxygen atoms in total. The van der Waals surface area contributed by atoms with Crippen LogP contribution in [-0.2, 0) is 4.74 Å². The Bertz CT molecular complexity index is 801. The zero-order chi connectivity index (χ0) is 17.1. The second kappa shape index (κ2) is 7.36. The molecule has 0 aromatic heterocycles. The number of halogens is 1. The number of nitrogens with zero attached hydrogens (tertiary/aromatic N) is 1. The van der Waals surface area contributed by atoms with Crippen molar-refractivity contribution in [3.63, 3.8) is 0 Å². The van der Waals surface area contributed by atoms with Crippen LogP contribution in [0.5, 0.6) is 0 Å². The molecule has 2 aromatic carbocycles. The molecule has 3 rings (SSSR count). The molecule has 0 bridgehead atoms. The van der Waals surface area contributed by atoms with Gasteiger partial charge in [0.05, 0.1) is 18.9 Å². The van der Waals surface area contributed by atoms with Crippen molar-refractivity contribution in [3.05, 3.63) is 52.0 Å². The highest BCUT2D eigenvalue weighted by Crippen LogP contribution is 2.33. The summed E-state index contributed by atoms with van der Waals surface area (Å²) in [5, 5.41) is 5.19. The summed E-state index contributed by atoms with van der Waals surface area (Å²) in [6, 6.07) is 9.97. The number of ether oxygens (including phenoxy) is 1. The van der Waals surface area contributed by atoms with E-state index in [9.17, 15) is 4.79 Å². The Kier molecular flexibility index (Phi) is 5.21. The minimum Gasteiger partial charge on any atom is -0.377 e. The van der Waals surface area contributed by atoms with E-state index in [-0.39, 0.29) is 6.03 Å². The number of urea groups is 1. The number of nitrogens with one attached hydrogen (secondary N) is 1. The molecule has 0 aliphatic carbocycles. The molecule has 0 spiro atoms. The fraction of sp³-hybridized carbons (Fsp3) is 0.316. The van der Waals surface area contributed by atoms with Gasteiger partial charge < -0.3 is 15.0 Å². The molecule has 5 heteroatoms. The Morgan fingerprint density at radius 3 is 2.79 bits per heavy atom. The summed E-state index contributed by atoms with van der Waals surface area (Å²) >= 11 is 3.60. The zero-order valence-corrected chi connectivity index (χ0v) is 15.5. The first kappa shape index (κ1) is 17.0. The summed E-state index contributed by atoms with van der Waals surface area (Å²) in [4.78, 5) is 14.3. The number of fused-ring (bicyclic) bond motifs is 1. The standard InChI is InChI=1S/C19H21BrN2O2/c1-13-10-17(20)15-7-3-4-8-16(15)18(13)21-19(23)22(2)11-14-6-5-9-24-12-14/h3-4,6-8,10H,5,9,11-12H2,1-2H3,(H,21,23). The van der Waals surface area contributed by atoms with Crippen LogP contribution in [0.25, 0.3) is 10.8 Å². The van der Waals surface area contributed by atoms with Crippen LogP contribution in [0.2, 0.25) is 0 Å². The summed E-state index contributed by atoms with van der Waals surface area (Å²) in [6.07, 6.45) is 3.08. The van der Waals surface area contributed by atoms with Gasteiger partial charge in [0.25, 0.3) is 0 Å². The monoisotopic (exact) mass is 388 g/mol. The normalized spacial score (nSPS) is 14.4. The smallest absolute Gasteiger partial charge is 0.321 e. The van der Waals surface area contributed by atoms with E-state index >= 15 is 0 Å². The minimum atomic E-state index is -0.114. The van der Waals surface area contributed by atoms with Crippen molar-refractivity contribution >= 4 is 38.4 Å². The lowest BCUT2D eigenvalue weighted by Gasteiger charge is -2.23. The van der Waals surface area contributed by atoms with Gasteiger partial charge in [-0.2, -0.15) is 0 Å². The molecule has 1 heterocycles. The van der Waals surface area contributed by atoms with Crippen LogP contribution in [0.1, 0.15) is 12.0 Å². The van der Waals surface area contributed by atoms with Gasteiger partial charge in [-0.3, -0.25) is 0 Å². The van der Waals surface area contributed by atoms with Gasteiger partial charge in [-0.05, 0) is 35.9 Å². The van der Waals surface area contributed by atoms with Crippen LogP contribution < -0.4 is 5.32 Å². The number of rotatable bonds is 3. The molecule has 24 heavy (non-hydrogen) atoms. The van der Waals surface area contributed by atoms with E-state index in [1.165, 1.54) is 0 Å². The van der Waals surface area contributed by atoms with Gasteiger partial charge in [0.15, 0.2) is 0 Å². The molecule has 0 fully saturated rings. The van der Waals surface area contributed by atoms with Crippen LogP contribution in [0.4, 0.5) is 10.5 Å². The molecule has 0 unspecified atom stereocenters. The van der Waals surface area contributed by atoms with Crippen molar-refractivity contribution in [1.29, 1.82) is 0 Å². The maximum absolute atomic E-state index is 12.6. The number of carbonyl (C=O) groups excluding carboxylic acids is 1. The van der Waals surface area contributed by atoms with Crippen LogP contribution in [0.3, 0.4) is 0 Å². The summed E-state index contributed by atoms with van der Waals surface area (Å²) in [5.41, 5.74) is 3.04. The van der Waals surface area contributed by atoms with E-state index in [0.717, 1.165) is 45.1 Å². The third-order valence-corrected chi connectivity index (χ3v) is 4.85. The number of hydrogen-bond acceptors (Lipinski definition) is 2. The number of benzene rings is 2. The fourth-order valence-corrected chi connectivity index (χ4v) is 3.61. The van der Waals surface area contributed by atoms with Crippen LogP contribution >= 0.6 is 15.9 Å². The second-order valence-electron chi connectivity index (χ2n) is 6.09. The lowest BCUT2D eigenvalue weighted by Crippen LogP contribution is -2.34. The largest absolute Gasteiger partial charge is 0.377 e. The molecule has 126 valence electrons. The lowest BCUT2D eigenvalue weighted by atomic mass is 10.0. The van der Waals surface area contributed by atoms with E-state index in [2.05, 4.69) is 27.3 Å². The van der Waals surface area contributed by atoms with Crippen molar-refractivity contribution < 1.29 is 9.53 Å². The maximum Gasteiger partial charge on any atom is 0.321 e. The molecular weight excluding hydrogens is 368 g/mol. The van der Waals surface area contributed by atoms with Crippen molar-refractivity contribution in [2.75, 3.05) is 32.1 Å². The summed E-state index contributed by atoms with van der Waals surface area (Å²) in [7, 11) is 1.81. The van der Waals surface area contributed by atoms with Gasteiger partial charge in [-0.25, -0.2) is 4.79 Å². The zero-order valence-electron chi connectivity index (χ0n) is 13.9. The van der Waals surface area contributed by atoms with E-state index in [4.69, 9.17) is 4.74 Å². The Balaban J connectivity index is 1.81. The minimum absolute atomic E-state index is 0.114. The quantitative estimate of drug-likeness (QED) is 0.772. The number of likely N-dealkylation sites (N-methyl/N-ethyl adjacent to an activating group) is 1. The molecular formula is C19H21BrN2O2. The summed E-state index contributed by atoms with van der Waals surface area (Å²) in [6.45, 7) is 3.96. The second-order valence-corrected chi connectivity index (χ2v) is 6.94.